The number of carboxylic acid groups (broad SMARTS) is 1. The molecule has 0 bridgehead atoms. The highest BCUT2D eigenvalue weighted by Gasteiger charge is 2.32. The van der Waals surface area contributed by atoms with E-state index in [1.807, 2.05) is 24.3 Å². The predicted octanol–water partition coefficient (Wildman–Crippen LogP) is 2.17. The van der Waals surface area contributed by atoms with Crippen LogP contribution in [-0.4, -0.2) is 41.8 Å². The lowest BCUT2D eigenvalue weighted by Gasteiger charge is -2.42. The summed E-state index contributed by atoms with van der Waals surface area (Å²) >= 11 is 1.37. The number of rotatable bonds is 3. The maximum absolute atomic E-state index is 14.8. The lowest BCUT2D eigenvalue weighted by molar-refractivity contribution is 0.0695. The topological polar surface area (TPSA) is 74.6 Å². The molecule has 1 aromatic carbocycles. The monoisotopic (exact) mass is 361 g/mol. The van der Waals surface area contributed by atoms with Gasteiger partial charge in [-0.25, -0.2) is 9.18 Å². The van der Waals surface area contributed by atoms with Gasteiger partial charge >= 0.3 is 5.97 Å². The van der Waals surface area contributed by atoms with E-state index in [1.165, 1.54) is 24.0 Å². The number of pyridine rings is 1. The first-order valence-corrected chi connectivity index (χ1v) is 8.71. The van der Waals surface area contributed by atoms with E-state index in [0.717, 1.165) is 5.70 Å². The average Bonchev–Trinajstić information content (AvgIpc) is 2.53. The summed E-state index contributed by atoms with van der Waals surface area (Å²) < 4.78 is 16.5. The molecule has 1 saturated heterocycles. The van der Waals surface area contributed by atoms with Crippen molar-refractivity contribution in [2.24, 2.45) is 0 Å². The number of aromatic nitrogens is 1. The molecule has 2 aliphatic rings. The minimum Gasteiger partial charge on any atom is -0.477 e. The second-order valence-electron chi connectivity index (χ2n) is 6.25. The molecule has 130 valence electrons. The van der Waals surface area contributed by atoms with Crippen LogP contribution in [0.15, 0.2) is 27.4 Å². The molecule has 2 aromatic rings. The quantitative estimate of drug-likeness (QED) is 0.873. The number of aromatic carboxylic acids is 1. The van der Waals surface area contributed by atoms with Crippen LogP contribution in [0.2, 0.25) is 0 Å². The summed E-state index contributed by atoms with van der Waals surface area (Å²) in [6, 6.07) is 1.48. The Hall–Kier alpha value is -2.32. The maximum Gasteiger partial charge on any atom is 0.341 e. The molecule has 0 atom stereocenters. The van der Waals surface area contributed by atoms with Gasteiger partial charge in [0, 0.05) is 31.0 Å². The highest BCUT2D eigenvalue weighted by atomic mass is 32.2. The molecule has 2 aliphatic heterocycles. The number of nitrogens with one attached hydrogen (secondary N) is 1. The standard InChI is InChI=1S/C17H16FN3O3S/c1-8-7-25-16-13-10(15(22)11(17(23)24)6-21(8)13)3-12(18)14(16)20-4-9(5-20)19-2/h3,6-7,9,19H,4-5H2,1-2H3,(H,23,24). The van der Waals surface area contributed by atoms with Gasteiger partial charge in [0.15, 0.2) is 0 Å². The second kappa shape index (κ2) is 5.60. The van der Waals surface area contributed by atoms with Crippen molar-refractivity contribution in [3.05, 3.63) is 39.3 Å². The molecule has 0 saturated carbocycles. The fraction of sp³-hybridized carbons (Fsp3) is 0.294. The van der Waals surface area contributed by atoms with Crippen molar-refractivity contribution >= 4 is 40.0 Å². The van der Waals surface area contributed by atoms with Crippen LogP contribution in [0.5, 0.6) is 0 Å². The van der Waals surface area contributed by atoms with E-state index < -0.39 is 17.2 Å². The number of hydrogen-bond donors (Lipinski definition) is 2. The minimum atomic E-state index is -1.31. The molecule has 0 radical (unpaired) electrons. The predicted molar refractivity (Wildman–Crippen MR) is 96.0 cm³/mol. The number of thioether (sulfide) groups is 1. The van der Waals surface area contributed by atoms with Gasteiger partial charge in [0.2, 0.25) is 5.43 Å². The third kappa shape index (κ3) is 2.28. The van der Waals surface area contributed by atoms with Crippen molar-refractivity contribution in [1.29, 1.82) is 0 Å². The van der Waals surface area contributed by atoms with Crippen molar-refractivity contribution in [3.63, 3.8) is 0 Å². The summed E-state index contributed by atoms with van der Waals surface area (Å²) in [6.45, 7) is 3.20. The summed E-state index contributed by atoms with van der Waals surface area (Å²) in [7, 11) is 1.87. The lowest BCUT2D eigenvalue weighted by atomic mass is 10.0. The molecule has 2 N–H and O–H groups in total. The van der Waals surface area contributed by atoms with Gasteiger partial charge < -0.3 is 19.9 Å². The Labute approximate surface area is 146 Å². The van der Waals surface area contributed by atoms with E-state index in [0.29, 0.717) is 35.2 Å². The van der Waals surface area contributed by atoms with E-state index in [9.17, 15) is 19.1 Å². The number of carboxylic acids is 1. The van der Waals surface area contributed by atoms with Gasteiger partial charge in [-0.05, 0) is 25.4 Å². The van der Waals surface area contributed by atoms with Gasteiger partial charge in [-0.1, -0.05) is 11.8 Å². The summed E-state index contributed by atoms with van der Waals surface area (Å²) in [5.41, 5.74) is 0.828. The van der Waals surface area contributed by atoms with Crippen LogP contribution >= 0.6 is 11.8 Å². The molecule has 8 heteroatoms. The molecule has 1 aromatic heterocycles. The number of benzene rings is 1. The van der Waals surface area contributed by atoms with Crippen molar-refractivity contribution in [2.45, 2.75) is 17.9 Å². The molecular weight excluding hydrogens is 345 g/mol. The third-order valence-corrected chi connectivity index (χ3v) is 5.82. The van der Waals surface area contributed by atoms with Gasteiger partial charge in [-0.15, -0.1) is 0 Å². The minimum absolute atomic E-state index is 0.0989. The molecule has 0 amide bonds. The molecule has 0 spiro atoms. The number of anilines is 1. The summed E-state index contributed by atoms with van der Waals surface area (Å²) in [6.07, 6.45) is 1.33. The largest absolute Gasteiger partial charge is 0.477 e. The highest BCUT2D eigenvalue weighted by molar-refractivity contribution is 8.02. The van der Waals surface area contributed by atoms with Gasteiger partial charge in [0.1, 0.15) is 11.4 Å². The van der Waals surface area contributed by atoms with Gasteiger partial charge in [0.05, 0.1) is 21.5 Å². The van der Waals surface area contributed by atoms with Crippen molar-refractivity contribution in [2.75, 3.05) is 25.0 Å². The van der Waals surface area contributed by atoms with Crippen LogP contribution in [0.4, 0.5) is 10.1 Å². The second-order valence-corrected chi connectivity index (χ2v) is 7.13. The number of nitrogens with zero attached hydrogens (tertiary/aromatic N) is 2. The smallest absolute Gasteiger partial charge is 0.341 e. The molecule has 3 heterocycles. The van der Waals surface area contributed by atoms with E-state index in [2.05, 4.69) is 5.32 Å². The van der Waals surface area contributed by atoms with Crippen molar-refractivity contribution < 1.29 is 14.3 Å². The van der Waals surface area contributed by atoms with E-state index in [1.54, 1.807) is 4.57 Å². The zero-order valence-electron chi connectivity index (χ0n) is 13.7. The Bertz CT molecular complexity index is 1010. The third-order valence-electron chi connectivity index (χ3n) is 4.73. The van der Waals surface area contributed by atoms with Crippen LogP contribution in [0.1, 0.15) is 17.3 Å². The van der Waals surface area contributed by atoms with Crippen LogP contribution in [0.25, 0.3) is 16.6 Å². The molecule has 25 heavy (non-hydrogen) atoms. The van der Waals surface area contributed by atoms with Gasteiger partial charge in [0.25, 0.3) is 0 Å². The maximum atomic E-state index is 14.8. The van der Waals surface area contributed by atoms with E-state index >= 15 is 0 Å². The van der Waals surface area contributed by atoms with E-state index in [-0.39, 0.29) is 10.9 Å². The Balaban J connectivity index is 2.02. The zero-order chi connectivity index (χ0) is 17.9. The summed E-state index contributed by atoms with van der Waals surface area (Å²) in [4.78, 5) is 26.5. The zero-order valence-corrected chi connectivity index (χ0v) is 14.5. The van der Waals surface area contributed by atoms with Gasteiger partial charge in [-0.3, -0.25) is 4.79 Å². The first-order chi connectivity index (χ1) is 11.9. The van der Waals surface area contributed by atoms with Crippen molar-refractivity contribution in [1.82, 2.24) is 9.88 Å². The Morgan fingerprint density at radius 1 is 1.44 bits per heavy atom. The van der Waals surface area contributed by atoms with Crippen LogP contribution < -0.4 is 15.6 Å². The average molecular weight is 361 g/mol. The lowest BCUT2D eigenvalue weighted by Crippen LogP contribution is -2.57. The van der Waals surface area contributed by atoms with Crippen LogP contribution in [0, 0.1) is 5.82 Å². The SMILES string of the molecule is CNC1CN(c2c(F)cc3c(=O)c(C(=O)O)cn4c3c2SC=C4C)C1. The number of allylic oxidation sites excluding steroid dienone is 1. The summed E-state index contributed by atoms with van der Waals surface area (Å²) in [5, 5.41) is 14.4. The fourth-order valence-electron chi connectivity index (χ4n) is 3.30. The summed E-state index contributed by atoms with van der Waals surface area (Å²) in [5.74, 6) is -1.81. The molecule has 4 rings (SSSR count). The number of carbonyl (C=O) groups is 1. The van der Waals surface area contributed by atoms with Gasteiger partial charge in [-0.2, -0.15) is 0 Å². The molecule has 0 aliphatic carbocycles. The highest BCUT2D eigenvalue weighted by Crippen LogP contribution is 2.44. The first kappa shape index (κ1) is 16.2. The number of hydrogen-bond acceptors (Lipinski definition) is 5. The van der Waals surface area contributed by atoms with Crippen molar-refractivity contribution in [3.8, 4) is 0 Å². The Kier molecular flexibility index (Phi) is 3.62. The normalized spacial score (nSPS) is 16.8. The Morgan fingerprint density at radius 2 is 2.16 bits per heavy atom. The Morgan fingerprint density at radius 3 is 2.80 bits per heavy atom. The molecular formula is C17H16FN3O3S. The molecule has 0 unspecified atom stereocenters. The number of halogens is 1. The van der Waals surface area contributed by atoms with Crippen LogP contribution in [0.3, 0.4) is 0 Å². The first-order valence-electron chi connectivity index (χ1n) is 7.83. The van der Waals surface area contributed by atoms with E-state index in [4.69, 9.17) is 0 Å². The molecule has 1 fully saturated rings. The fourth-order valence-corrected chi connectivity index (χ4v) is 4.36. The molecule has 6 nitrogen and oxygen atoms in total. The van der Waals surface area contributed by atoms with Crippen LogP contribution in [-0.2, 0) is 0 Å². The number of likely N-dealkylation sites (N-methyl/N-ethyl adjacent to an activating group) is 1.